The van der Waals surface area contributed by atoms with E-state index in [0.29, 0.717) is 25.4 Å². The molecule has 0 atom stereocenters. The molecule has 1 saturated heterocycles. The normalized spacial score (nSPS) is 16.9. The van der Waals surface area contributed by atoms with Crippen LogP contribution in [0.4, 0.5) is 0 Å². The molecule has 19 heavy (non-hydrogen) atoms. The van der Waals surface area contributed by atoms with Gasteiger partial charge in [0.2, 0.25) is 0 Å². The molecule has 0 unspecified atom stereocenters. The third-order valence-electron chi connectivity index (χ3n) is 3.89. The van der Waals surface area contributed by atoms with E-state index in [4.69, 9.17) is 4.74 Å². The lowest BCUT2D eigenvalue weighted by Gasteiger charge is -2.20. The number of carbonyl (C=O) groups excluding carboxylic acids is 1. The van der Waals surface area contributed by atoms with Gasteiger partial charge in [-0.25, -0.2) is 4.98 Å². The molecule has 0 amide bonds. The maximum absolute atomic E-state index is 12.3. The van der Waals surface area contributed by atoms with Crippen LogP contribution in [0.15, 0.2) is 24.3 Å². The van der Waals surface area contributed by atoms with Crippen LogP contribution >= 0.6 is 0 Å². The molecular weight excluding hydrogens is 240 g/mol. The molecule has 2 aromatic rings. The summed E-state index contributed by atoms with van der Waals surface area (Å²) in [5, 5.41) is 0. The molecule has 0 saturated carbocycles. The van der Waals surface area contributed by atoms with Crippen molar-refractivity contribution >= 4 is 16.8 Å². The zero-order valence-electron chi connectivity index (χ0n) is 11.1. The molecule has 4 heteroatoms. The Kier molecular flexibility index (Phi) is 3.34. The zero-order chi connectivity index (χ0) is 13.2. The number of fused-ring (bicyclic) bond motifs is 1. The standard InChI is InChI=1S/C15H18N2O2/c1-17-13-5-3-2-4-12(13)16-15(17)10-14(18)11-6-8-19-9-7-11/h2-5,11H,6-10H2,1H3. The minimum Gasteiger partial charge on any atom is -0.381 e. The second kappa shape index (κ2) is 5.13. The van der Waals surface area contributed by atoms with Gasteiger partial charge in [-0.15, -0.1) is 0 Å². The second-order valence-corrected chi connectivity index (χ2v) is 5.11. The lowest BCUT2D eigenvalue weighted by atomic mass is 9.93. The first-order valence-corrected chi connectivity index (χ1v) is 6.76. The molecule has 0 aliphatic carbocycles. The fraction of sp³-hybridized carbons (Fsp3) is 0.467. The maximum Gasteiger partial charge on any atom is 0.143 e. The van der Waals surface area contributed by atoms with E-state index in [0.717, 1.165) is 29.7 Å². The number of ether oxygens (including phenoxy) is 1. The predicted molar refractivity (Wildman–Crippen MR) is 73.0 cm³/mol. The molecule has 1 aromatic carbocycles. The summed E-state index contributed by atoms with van der Waals surface area (Å²) in [6.45, 7) is 1.41. The van der Waals surface area contributed by atoms with Crippen molar-refractivity contribution in [2.45, 2.75) is 19.3 Å². The second-order valence-electron chi connectivity index (χ2n) is 5.11. The summed E-state index contributed by atoms with van der Waals surface area (Å²) in [4.78, 5) is 16.8. The van der Waals surface area contributed by atoms with Crippen molar-refractivity contribution in [1.29, 1.82) is 0 Å². The van der Waals surface area contributed by atoms with Crippen LogP contribution in [0.5, 0.6) is 0 Å². The summed E-state index contributed by atoms with van der Waals surface area (Å²) < 4.78 is 7.32. The van der Waals surface area contributed by atoms with Gasteiger partial charge in [0.1, 0.15) is 11.6 Å². The summed E-state index contributed by atoms with van der Waals surface area (Å²) in [7, 11) is 1.97. The number of nitrogens with zero attached hydrogens (tertiary/aromatic N) is 2. The van der Waals surface area contributed by atoms with Gasteiger partial charge in [0.15, 0.2) is 0 Å². The molecule has 1 aromatic heterocycles. The topological polar surface area (TPSA) is 44.1 Å². The maximum atomic E-state index is 12.3. The van der Waals surface area contributed by atoms with E-state index in [1.165, 1.54) is 0 Å². The smallest absolute Gasteiger partial charge is 0.143 e. The summed E-state index contributed by atoms with van der Waals surface area (Å²) in [6.07, 6.45) is 2.13. The summed E-state index contributed by atoms with van der Waals surface area (Å²) >= 11 is 0. The van der Waals surface area contributed by atoms with Crippen molar-refractivity contribution in [3.63, 3.8) is 0 Å². The van der Waals surface area contributed by atoms with E-state index in [1.54, 1.807) is 0 Å². The Hall–Kier alpha value is -1.68. The van der Waals surface area contributed by atoms with Crippen molar-refractivity contribution in [1.82, 2.24) is 9.55 Å². The van der Waals surface area contributed by atoms with Crippen molar-refractivity contribution in [2.75, 3.05) is 13.2 Å². The number of aryl methyl sites for hydroxylation is 1. The molecule has 1 fully saturated rings. The highest BCUT2D eigenvalue weighted by molar-refractivity contribution is 5.84. The van der Waals surface area contributed by atoms with Crippen LogP contribution in [-0.2, 0) is 23.0 Å². The third-order valence-corrected chi connectivity index (χ3v) is 3.89. The average molecular weight is 258 g/mol. The minimum absolute atomic E-state index is 0.147. The van der Waals surface area contributed by atoms with Crippen LogP contribution in [0.3, 0.4) is 0 Å². The highest BCUT2D eigenvalue weighted by Gasteiger charge is 2.23. The van der Waals surface area contributed by atoms with Gasteiger partial charge in [0.25, 0.3) is 0 Å². The molecule has 2 heterocycles. The van der Waals surface area contributed by atoms with E-state index in [9.17, 15) is 4.79 Å². The summed E-state index contributed by atoms with van der Waals surface area (Å²) in [5.41, 5.74) is 2.04. The first-order valence-electron chi connectivity index (χ1n) is 6.76. The molecule has 4 nitrogen and oxygen atoms in total. The Bertz CT molecular complexity index is 597. The molecule has 100 valence electrons. The number of rotatable bonds is 3. The van der Waals surface area contributed by atoms with E-state index < -0.39 is 0 Å². The molecule has 0 spiro atoms. The highest BCUT2D eigenvalue weighted by atomic mass is 16.5. The van der Waals surface area contributed by atoms with Gasteiger partial charge in [-0.2, -0.15) is 0 Å². The Morgan fingerprint density at radius 2 is 2.11 bits per heavy atom. The van der Waals surface area contributed by atoms with E-state index in [1.807, 2.05) is 35.9 Å². The van der Waals surface area contributed by atoms with Crippen molar-refractivity contribution < 1.29 is 9.53 Å². The number of para-hydroxylation sites is 2. The Morgan fingerprint density at radius 3 is 2.84 bits per heavy atom. The summed E-state index contributed by atoms with van der Waals surface area (Å²) in [6, 6.07) is 7.98. The van der Waals surface area contributed by atoms with Gasteiger partial charge in [0.05, 0.1) is 17.5 Å². The van der Waals surface area contributed by atoms with Gasteiger partial charge in [-0.05, 0) is 25.0 Å². The van der Waals surface area contributed by atoms with Crippen LogP contribution < -0.4 is 0 Å². The Balaban J connectivity index is 1.81. The lowest BCUT2D eigenvalue weighted by molar-refractivity contribution is -0.125. The molecule has 0 radical (unpaired) electrons. The van der Waals surface area contributed by atoms with Crippen molar-refractivity contribution in [3.8, 4) is 0 Å². The van der Waals surface area contributed by atoms with Crippen LogP contribution in [0.1, 0.15) is 18.7 Å². The molecule has 1 aliphatic heterocycles. The zero-order valence-corrected chi connectivity index (χ0v) is 11.1. The number of imidazole rings is 1. The van der Waals surface area contributed by atoms with Crippen LogP contribution in [0, 0.1) is 5.92 Å². The first-order chi connectivity index (χ1) is 9.25. The SMILES string of the molecule is Cn1c(CC(=O)C2CCOCC2)nc2ccccc21. The van der Waals surface area contributed by atoms with E-state index in [-0.39, 0.29) is 5.92 Å². The van der Waals surface area contributed by atoms with Gasteiger partial charge >= 0.3 is 0 Å². The number of benzene rings is 1. The molecule has 0 N–H and O–H groups in total. The lowest BCUT2D eigenvalue weighted by Crippen LogP contribution is -2.25. The third kappa shape index (κ3) is 2.40. The van der Waals surface area contributed by atoms with Crippen LogP contribution in [0.2, 0.25) is 0 Å². The molecule has 3 rings (SSSR count). The van der Waals surface area contributed by atoms with E-state index >= 15 is 0 Å². The molecule has 0 bridgehead atoms. The van der Waals surface area contributed by atoms with Crippen molar-refractivity contribution in [2.24, 2.45) is 13.0 Å². The number of hydrogen-bond donors (Lipinski definition) is 0. The number of ketones is 1. The van der Waals surface area contributed by atoms with Gasteiger partial charge < -0.3 is 9.30 Å². The number of hydrogen-bond acceptors (Lipinski definition) is 3. The molecular formula is C15H18N2O2. The summed E-state index contributed by atoms with van der Waals surface area (Å²) in [5.74, 6) is 1.30. The highest BCUT2D eigenvalue weighted by Crippen LogP contribution is 2.20. The fourth-order valence-corrected chi connectivity index (χ4v) is 2.67. The first kappa shape index (κ1) is 12.4. The van der Waals surface area contributed by atoms with Gasteiger partial charge in [0, 0.05) is 26.2 Å². The predicted octanol–water partition coefficient (Wildman–Crippen LogP) is 2.11. The monoisotopic (exact) mass is 258 g/mol. The number of Topliss-reactive ketones (excluding diaryl/α,β-unsaturated/α-hetero) is 1. The quantitative estimate of drug-likeness (QED) is 0.847. The fourth-order valence-electron chi connectivity index (χ4n) is 2.67. The van der Waals surface area contributed by atoms with E-state index in [2.05, 4.69) is 4.98 Å². The average Bonchev–Trinajstić information content (AvgIpc) is 2.77. The largest absolute Gasteiger partial charge is 0.381 e. The molecule has 1 aliphatic rings. The van der Waals surface area contributed by atoms with Crippen molar-refractivity contribution in [3.05, 3.63) is 30.1 Å². The Labute approximate surface area is 112 Å². The number of carbonyl (C=O) groups is 1. The Morgan fingerprint density at radius 1 is 1.37 bits per heavy atom. The van der Waals surface area contributed by atoms with Gasteiger partial charge in [-0.3, -0.25) is 4.79 Å². The van der Waals surface area contributed by atoms with Crippen LogP contribution in [-0.4, -0.2) is 28.5 Å². The van der Waals surface area contributed by atoms with Crippen LogP contribution in [0.25, 0.3) is 11.0 Å². The minimum atomic E-state index is 0.147. The number of aromatic nitrogens is 2. The van der Waals surface area contributed by atoms with Gasteiger partial charge in [-0.1, -0.05) is 12.1 Å².